The predicted octanol–water partition coefficient (Wildman–Crippen LogP) is 3.00. The number of amides is 1. The molecule has 126 valence electrons. The Balaban J connectivity index is 1.98. The van der Waals surface area contributed by atoms with Crippen LogP contribution in [0.25, 0.3) is 0 Å². The van der Waals surface area contributed by atoms with Gasteiger partial charge in [-0.2, -0.15) is 0 Å². The van der Waals surface area contributed by atoms with Gasteiger partial charge in [-0.15, -0.1) is 0 Å². The molecule has 3 rings (SSSR count). The van der Waals surface area contributed by atoms with E-state index in [9.17, 15) is 9.59 Å². The van der Waals surface area contributed by atoms with Crippen molar-refractivity contribution in [1.29, 1.82) is 0 Å². The van der Waals surface area contributed by atoms with Gasteiger partial charge in [0.15, 0.2) is 0 Å². The van der Waals surface area contributed by atoms with Gasteiger partial charge < -0.3 is 14.6 Å². The molecule has 0 bridgehead atoms. The van der Waals surface area contributed by atoms with E-state index in [-0.39, 0.29) is 17.5 Å². The van der Waals surface area contributed by atoms with Crippen molar-refractivity contribution >= 4 is 5.91 Å². The molecule has 5 nitrogen and oxygen atoms in total. The predicted molar refractivity (Wildman–Crippen MR) is 92.2 cm³/mol. The molecule has 24 heavy (non-hydrogen) atoms. The van der Waals surface area contributed by atoms with Crippen molar-refractivity contribution in [3.8, 4) is 5.75 Å². The number of aromatic nitrogens is 1. The smallest absolute Gasteiger partial charge is 0.254 e. The minimum Gasteiger partial charge on any atom is -0.496 e. The van der Waals surface area contributed by atoms with Crippen LogP contribution in [0.1, 0.15) is 41.7 Å². The average molecular weight is 326 g/mol. The number of piperidine rings is 1. The van der Waals surface area contributed by atoms with Crippen molar-refractivity contribution in [2.24, 2.45) is 5.92 Å². The van der Waals surface area contributed by atoms with Crippen LogP contribution in [0, 0.1) is 5.92 Å². The number of aromatic amines is 1. The number of ether oxygens (including phenoxy) is 1. The van der Waals surface area contributed by atoms with Crippen LogP contribution < -0.4 is 10.3 Å². The Morgan fingerprint density at radius 2 is 2.04 bits per heavy atom. The summed E-state index contributed by atoms with van der Waals surface area (Å²) in [5, 5.41) is 0. The fourth-order valence-electron chi connectivity index (χ4n) is 3.39. The molecule has 0 unspecified atom stereocenters. The molecule has 1 saturated heterocycles. The lowest BCUT2D eigenvalue weighted by atomic mass is 9.89. The fourth-order valence-corrected chi connectivity index (χ4v) is 3.39. The molecule has 1 aliphatic rings. The summed E-state index contributed by atoms with van der Waals surface area (Å²) in [5.41, 5.74) is 1.18. The highest BCUT2D eigenvalue weighted by atomic mass is 16.5. The Hall–Kier alpha value is -2.56. The Morgan fingerprint density at radius 1 is 1.25 bits per heavy atom. The third kappa shape index (κ3) is 3.20. The molecule has 1 aromatic carbocycles. The van der Waals surface area contributed by atoms with Crippen molar-refractivity contribution in [3.05, 3.63) is 64.1 Å². The van der Waals surface area contributed by atoms with Gasteiger partial charge in [-0.3, -0.25) is 9.59 Å². The molecule has 2 atom stereocenters. The third-order valence-corrected chi connectivity index (χ3v) is 4.60. The largest absolute Gasteiger partial charge is 0.496 e. The fraction of sp³-hybridized carbons (Fsp3) is 0.368. The lowest BCUT2D eigenvalue weighted by Crippen LogP contribution is -2.42. The molecule has 0 aliphatic carbocycles. The molecule has 1 aromatic heterocycles. The SMILES string of the molecule is COc1ccccc1[C@H]1CC[C@@H](C)CN1C(=O)c1cc[nH]c(=O)c1. The van der Waals surface area contributed by atoms with Crippen molar-refractivity contribution in [3.63, 3.8) is 0 Å². The number of hydrogen-bond donors (Lipinski definition) is 1. The van der Waals surface area contributed by atoms with Crippen molar-refractivity contribution in [1.82, 2.24) is 9.88 Å². The minimum atomic E-state index is -0.264. The monoisotopic (exact) mass is 326 g/mol. The number of methoxy groups -OCH3 is 1. The maximum absolute atomic E-state index is 13.0. The maximum atomic E-state index is 13.0. The summed E-state index contributed by atoms with van der Waals surface area (Å²) in [6, 6.07) is 10.8. The van der Waals surface area contributed by atoms with Crippen LogP contribution in [0.4, 0.5) is 0 Å². The Morgan fingerprint density at radius 3 is 2.79 bits per heavy atom. The van der Waals surface area contributed by atoms with E-state index in [1.165, 1.54) is 12.3 Å². The van der Waals surface area contributed by atoms with E-state index in [1.54, 1.807) is 13.2 Å². The van der Waals surface area contributed by atoms with E-state index < -0.39 is 0 Å². The second kappa shape index (κ2) is 6.91. The summed E-state index contributed by atoms with van der Waals surface area (Å²) >= 11 is 0. The zero-order valence-electron chi connectivity index (χ0n) is 14.0. The number of H-pyrrole nitrogens is 1. The van der Waals surface area contributed by atoms with Gasteiger partial charge in [0, 0.05) is 29.9 Å². The molecule has 1 aliphatic heterocycles. The topological polar surface area (TPSA) is 62.4 Å². The molecule has 0 radical (unpaired) electrons. The van der Waals surface area contributed by atoms with Gasteiger partial charge in [0.25, 0.3) is 5.91 Å². The van der Waals surface area contributed by atoms with Gasteiger partial charge in [0.2, 0.25) is 5.56 Å². The number of nitrogens with one attached hydrogen (secondary N) is 1. The van der Waals surface area contributed by atoms with Crippen molar-refractivity contribution in [2.45, 2.75) is 25.8 Å². The Labute approximate surface area is 141 Å². The van der Waals surface area contributed by atoms with E-state index >= 15 is 0 Å². The lowest BCUT2D eigenvalue weighted by molar-refractivity contribution is 0.0540. The van der Waals surface area contributed by atoms with E-state index in [4.69, 9.17) is 4.74 Å². The number of likely N-dealkylation sites (tertiary alicyclic amines) is 1. The van der Waals surface area contributed by atoms with E-state index in [1.807, 2.05) is 29.2 Å². The summed E-state index contributed by atoms with van der Waals surface area (Å²) in [6.07, 6.45) is 3.46. The Kier molecular flexibility index (Phi) is 4.69. The van der Waals surface area contributed by atoms with Crippen LogP contribution in [0.3, 0.4) is 0 Å². The molecule has 0 spiro atoms. The number of hydrogen-bond acceptors (Lipinski definition) is 3. The normalized spacial score (nSPS) is 20.7. The lowest BCUT2D eigenvalue weighted by Gasteiger charge is -2.39. The van der Waals surface area contributed by atoms with Gasteiger partial charge in [-0.1, -0.05) is 25.1 Å². The summed E-state index contributed by atoms with van der Waals surface area (Å²) in [4.78, 5) is 29.0. The van der Waals surface area contributed by atoms with Crippen LogP contribution >= 0.6 is 0 Å². The molecule has 5 heteroatoms. The van der Waals surface area contributed by atoms with E-state index in [0.717, 1.165) is 24.2 Å². The molecular formula is C19H22N2O3. The molecule has 1 N–H and O–H groups in total. The van der Waals surface area contributed by atoms with Crippen molar-refractivity contribution < 1.29 is 9.53 Å². The standard InChI is InChI=1S/C19H22N2O3/c1-13-7-8-16(15-5-3-4-6-17(15)24-2)21(12-13)19(23)14-9-10-20-18(22)11-14/h3-6,9-11,13,16H,7-8,12H2,1-2H3,(H,20,22)/t13-,16-/m1/s1. The maximum Gasteiger partial charge on any atom is 0.254 e. The summed E-state index contributed by atoms with van der Waals surface area (Å²) in [6.45, 7) is 2.82. The highest BCUT2D eigenvalue weighted by Crippen LogP contribution is 2.38. The first kappa shape index (κ1) is 16.3. The first-order chi connectivity index (χ1) is 11.6. The first-order valence-corrected chi connectivity index (χ1v) is 8.22. The van der Waals surface area contributed by atoms with E-state index in [0.29, 0.717) is 18.0 Å². The molecule has 2 heterocycles. The zero-order valence-corrected chi connectivity index (χ0v) is 14.0. The molecule has 1 amide bonds. The van der Waals surface area contributed by atoms with Crippen molar-refractivity contribution in [2.75, 3.05) is 13.7 Å². The number of para-hydroxylation sites is 1. The van der Waals surface area contributed by atoms with Crippen LogP contribution in [-0.4, -0.2) is 29.4 Å². The van der Waals surface area contributed by atoms with Gasteiger partial charge in [-0.05, 0) is 30.9 Å². The minimum absolute atomic E-state index is 0.0378. The van der Waals surface area contributed by atoms with E-state index in [2.05, 4.69) is 11.9 Å². The summed E-state index contributed by atoms with van der Waals surface area (Å²) < 4.78 is 5.49. The molecule has 1 fully saturated rings. The highest BCUT2D eigenvalue weighted by Gasteiger charge is 2.33. The summed E-state index contributed by atoms with van der Waals surface area (Å²) in [7, 11) is 1.65. The van der Waals surface area contributed by atoms with Gasteiger partial charge >= 0.3 is 0 Å². The number of rotatable bonds is 3. The summed E-state index contributed by atoms with van der Waals surface area (Å²) in [5.74, 6) is 1.12. The van der Waals surface area contributed by atoms with Gasteiger partial charge in [-0.25, -0.2) is 0 Å². The first-order valence-electron chi connectivity index (χ1n) is 8.22. The van der Waals surface area contributed by atoms with Crippen LogP contribution in [0.15, 0.2) is 47.4 Å². The van der Waals surface area contributed by atoms with Crippen LogP contribution in [0.2, 0.25) is 0 Å². The number of carbonyl (C=O) groups excluding carboxylic acids is 1. The van der Waals surface area contributed by atoms with Crippen LogP contribution in [-0.2, 0) is 0 Å². The number of benzene rings is 1. The molecule has 2 aromatic rings. The van der Waals surface area contributed by atoms with Gasteiger partial charge in [0.1, 0.15) is 5.75 Å². The zero-order chi connectivity index (χ0) is 17.1. The van der Waals surface area contributed by atoms with Gasteiger partial charge in [0.05, 0.1) is 13.2 Å². The number of pyridine rings is 1. The number of carbonyl (C=O) groups is 1. The molecular weight excluding hydrogens is 304 g/mol. The third-order valence-electron chi connectivity index (χ3n) is 4.60. The second-order valence-electron chi connectivity index (χ2n) is 6.34. The van der Waals surface area contributed by atoms with Crippen LogP contribution in [0.5, 0.6) is 5.75 Å². The average Bonchev–Trinajstić information content (AvgIpc) is 2.61. The molecule has 0 saturated carbocycles. The second-order valence-corrected chi connectivity index (χ2v) is 6.34. The number of nitrogens with zero attached hydrogens (tertiary/aromatic N) is 1. The Bertz CT molecular complexity index is 784. The highest BCUT2D eigenvalue weighted by molar-refractivity contribution is 5.94. The quantitative estimate of drug-likeness (QED) is 0.943.